The molecule has 0 bridgehead atoms. The lowest BCUT2D eigenvalue weighted by Crippen LogP contribution is -2.06. The monoisotopic (exact) mass is 619 g/mol. The molecule has 6 aromatic carbocycles. The van der Waals surface area contributed by atoms with Crippen molar-refractivity contribution < 1.29 is 0 Å². The molecule has 9 aromatic rings. The van der Waals surface area contributed by atoms with Crippen LogP contribution in [0.3, 0.4) is 0 Å². The fraction of sp³-hybridized carbons (Fsp3) is 0. The molecule has 1 aliphatic rings. The third kappa shape index (κ3) is 4.02. The first-order valence-corrected chi connectivity index (χ1v) is 16.4. The number of rotatable bonds is 4. The predicted molar refractivity (Wildman–Crippen MR) is 191 cm³/mol. The minimum atomic E-state index is 0.654. The van der Waals surface area contributed by atoms with Crippen LogP contribution in [0.15, 0.2) is 161 Å². The summed E-state index contributed by atoms with van der Waals surface area (Å²) in [7, 11) is 0. The van der Waals surface area contributed by atoms with Crippen LogP contribution < -0.4 is 0 Å². The van der Waals surface area contributed by atoms with Crippen LogP contribution in [0.5, 0.6) is 0 Å². The van der Waals surface area contributed by atoms with Crippen molar-refractivity contribution in [3.8, 4) is 45.5 Å². The van der Waals surface area contributed by atoms with Gasteiger partial charge in [-0.1, -0.05) is 121 Å². The SMILES string of the molecule is c1ccc(-c2nc(-c3ccccc3)nc(-c3ccc4c(c3)Sc3cccc5c6c7ccccc7n(-c7ccccc7)c6n-4c35)n2)cc1. The Balaban J connectivity index is 1.22. The molecule has 3 aromatic heterocycles. The number of benzene rings is 6. The molecule has 47 heavy (non-hydrogen) atoms. The molecule has 0 saturated carbocycles. The molecule has 10 rings (SSSR count). The number of aromatic nitrogens is 5. The summed E-state index contributed by atoms with van der Waals surface area (Å²) in [6.45, 7) is 0. The molecule has 0 fully saturated rings. The van der Waals surface area contributed by atoms with E-state index in [2.05, 4.69) is 100 Å². The van der Waals surface area contributed by atoms with Gasteiger partial charge in [0.25, 0.3) is 0 Å². The highest BCUT2D eigenvalue weighted by molar-refractivity contribution is 7.99. The van der Waals surface area contributed by atoms with Gasteiger partial charge in [-0.3, -0.25) is 9.13 Å². The van der Waals surface area contributed by atoms with E-state index in [1.54, 1.807) is 0 Å². The van der Waals surface area contributed by atoms with Gasteiger partial charge < -0.3 is 0 Å². The maximum absolute atomic E-state index is 5.01. The fourth-order valence-corrected chi connectivity index (χ4v) is 8.03. The van der Waals surface area contributed by atoms with Crippen molar-refractivity contribution in [1.82, 2.24) is 24.1 Å². The van der Waals surface area contributed by atoms with Crippen molar-refractivity contribution in [3.05, 3.63) is 152 Å². The summed E-state index contributed by atoms with van der Waals surface area (Å²) in [5.41, 5.74) is 8.78. The quantitative estimate of drug-likeness (QED) is 0.197. The molecule has 220 valence electrons. The van der Waals surface area contributed by atoms with Gasteiger partial charge in [-0.05, 0) is 42.5 Å². The summed E-state index contributed by atoms with van der Waals surface area (Å²) >= 11 is 1.81. The summed E-state index contributed by atoms with van der Waals surface area (Å²) in [5, 5.41) is 3.80. The Kier molecular flexibility index (Phi) is 5.74. The van der Waals surface area contributed by atoms with E-state index < -0.39 is 0 Å². The highest BCUT2D eigenvalue weighted by Gasteiger charge is 2.28. The third-order valence-corrected chi connectivity index (χ3v) is 10.0. The smallest absolute Gasteiger partial charge is 0.164 e. The molecule has 0 atom stereocenters. The van der Waals surface area contributed by atoms with E-state index >= 15 is 0 Å². The fourth-order valence-electron chi connectivity index (χ4n) is 6.90. The van der Waals surface area contributed by atoms with Crippen LogP contribution in [0.1, 0.15) is 0 Å². The summed E-state index contributed by atoms with van der Waals surface area (Å²) in [6.07, 6.45) is 0. The van der Waals surface area contributed by atoms with Gasteiger partial charge >= 0.3 is 0 Å². The van der Waals surface area contributed by atoms with Gasteiger partial charge in [0.05, 0.1) is 16.7 Å². The molecule has 0 saturated heterocycles. The van der Waals surface area contributed by atoms with Crippen LogP contribution in [0, 0.1) is 0 Å². The average Bonchev–Trinajstić information content (AvgIpc) is 3.66. The van der Waals surface area contributed by atoms with E-state index in [1.165, 1.54) is 37.7 Å². The molecule has 0 amide bonds. The van der Waals surface area contributed by atoms with Gasteiger partial charge in [0, 0.05) is 48.3 Å². The Labute approximate surface area is 274 Å². The number of para-hydroxylation sites is 3. The normalized spacial score (nSPS) is 12.2. The highest BCUT2D eigenvalue weighted by Crippen LogP contribution is 2.50. The van der Waals surface area contributed by atoms with Gasteiger partial charge in [0.1, 0.15) is 5.65 Å². The van der Waals surface area contributed by atoms with Crippen LogP contribution >= 0.6 is 11.8 Å². The largest absolute Gasteiger partial charge is 0.295 e. The van der Waals surface area contributed by atoms with E-state index in [1.807, 2.05) is 72.4 Å². The lowest BCUT2D eigenvalue weighted by molar-refractivity contribution is 1.02. The van der Waals surface area contributed by atoms with E-state index in [9.17, 15) is 0 Å². The van der Waals surface area contributed by atoms with E-state index in [-0.39, 0.29) is 0 Å². The molecule has 0 radical (unpaired) electrons. The molecule has 5 nitrogen and oxygen atoms in total. The second-order valence-electron chi connectivity index (χ2n) is 11.7. The highest BCUT2D eigenvalue weighted by atomic mass is 32.2. The Hall–Kier alpha value is -5.98. The minimum Gasteiger partial charge on any atom is -0.295 e. The lowest BCUT2D eigenvalue weighted by atomic mass is 10.1. The number of nitrogens with zero attached hydrogens (tertiary/aromatic N) is 5. The van der Waals surface area contributed by atoms with Gasteiger partial charge in [-0.15, -0.1) is 0 Å². The first-order valence-electron chi connectivity index (χ1n) is 15.6. The van der Waals surface area contributed by atoms with Crippen LogP contribution in [0.4, 0.5) is 0 Å². The molecular formula is C41H25N5S. The van der Waals surface area contributed by atoms with E-state index in [4.69, 9.17) is 15.0 Å². The topological polar surface area (TPSA) is 48.5 Å². The van der Waals surface area contributed by atoms with Crippen molar-refractivity contribution in [2.75, 3.05) is 0 Å². The van der Waals surface area contributed by atoms with Gasteiger partial charge in [-0.2, -0.15) is 0 Å². The first-order chi connectivity index (χ1) is 23.3. The molecule has 4 heterocycles. The molecule has 0 N–H and O–H groups in total. The maximum Gasteiger partial charge on any atom is 0.164 e. The standard InChI is InChI=1S/C41H25N5S/c1-4-13-26(14-5-1)38-42-39(27-15-6-2-7-16-27)44-40(43-38)28-23-24-33-35(25-28)47-34-22-12-20-31-36-30-19-10-11-21-32(30)45(29-17-8-3-9-18-29)41(36)46(33)37(31)34/h1-25H. The van der Waals surface area contributed by atoms with Crippen molar-refractivity contribution in [2.24, 2.45) is 0 Å². The molecule has 6 heteroatoms. The molecule has 0 spiro atoms. The molecule has 0 aliphatic carbocycles. The summed E-state index contributed by atoms with van der Waals surface area (Å²) < 4.78 is 4.87. The number of fused-ring (bicyclic) bond motifs is 7. The minimum absolute atomic E-state index is 0.654. The Morgan fingerprint density at radius 2 is 1.04 bits per heavy atom. The van der Waals surface area contributed by atoms with Crippen molar-refractivity contribution >= 4 is 44.6 Å². The van der Waals surface area contributed by atoms with Gasteiger partial charge in [0.2, 0.25) is 0 Å². The van der Waals surface area contributed by atoms with E-state index in [0.717, 1.165) is 33.0 Å². The lowest BCUT2D eigenvalue weighted by Gasteiger charge is -2.22. The van der Waals surface area contributed by atoms with Gasteiger partial charge in [0.15, 0.2) is 17.5 Å². The zero-order valence-electron chi connectivity index (χ0n) is 25.1. The van der Waals surface area contributed by atoms with Crippen molar-refractivity contribution in [3.63, 3.8) is 0 Å². The second-order valence-corrected chi connectivity index (χ2v) is 12.8. The Morgan fingerprint density at radius 3 is 1.74 bits per heavy atom. The molecular weight excluding hydrogens is 595 g/mol. The Bertz CT molecular complexity index is 2580. The summed E-state index contributed by atoms with van der Waals surface area (Å²) in [6, 6.07) is 53.0. The van der Waals surface area contributed by atoms with Gasteiger partial charge in [-0.25, -0.2) is 15.0 Å². The Morgan fingerprint density at radius 1 is 0.447 bits per heavy atom. The van der Waals surface area contributed by atoms with Crippen molar-refractivity contribution in [1.29, 1.82) is 0 Å². The second kappa shape index (κ2) is 10.3. The zero-order valence-corrected chi connectivity index (χ0v) is 25.9. The average molecular weight is 620 g/mol. The van der Waals surface area contributed by atoms with Crippen LogP contribution in [-0.4, -0.2) is 24.1 Å². The third-order valence-electron chi connectivity index (χ3n) is 8.95. The molecule has 1 aliphatic heterocycles. The number of hydrogen-bond acceptors (Lipinski definition) is 4. The zero-order chi connectivity index (χ0) is 30.9. The maximum atomic E-state index is 5.01. The predicted octanol–water partition coefficient (Wildman–Crippen LogP) is 10.4. The summed E-state index contributed by atoms with van der Waals surface area (Å²) in [5.74, 6) is 1.97. The van der Waals surface area contributed by atoms with Crippen LogP contribution in [0.25, 0.3) is 78.4 Å². The van der Waals surface area contributed by atoms with Crippen molar-refractivity contribution in [2.45, 2.75) is 9.79 Å². The van der Waals surface area contributed by atoms with Crippen LogP contribution in [-0.2, 0) is 0 Å². The number of hydrogen-bond donors (Lipinski definition) is 0. The summed E-state index contributed by atoms with van der Waals surface area (Å²) in [4.78, 5) is 17.3. The van der Waals surface area contributed by atoms with E-state index in [0.29, 0.717) is 17.5 Å². The molecule has 0 unspecified atom stereocenters. The first kappa shape index (κ1) is 26.3. The van der Waals surface area contributed by atoms with Crippen LogP contribution in [0.2, 0.25) is 0 Å².